The molecule has 0 aromatic heterocycles. The van der Waals surface area contributed by atoms with E-state index in [1.807, 2.05) is 26.0 Å². The third kappa shape index (κ3) is 6.97. The molecule has 2 aromatic rings. The zero-order chi connectivity index (χ0) is 26.3. The fraction of sp³-hybridized carbons (Fsp3) is 0.385. The number of nitrogens with one attached hydrogen (secondary N) is 1. The van der Waals surface area contributed by atoms with Gasteiger partial charge >= 0.3 is 17.9 Å². The van der Waals surface area contributed by atoms with Gasteiger partial charge in [0.05, 0.1) is 24.3 Å². The van der Waals surface area contributed by atoms with Crippen molar-refractivity contribution in [1.29, 1.82) is 0 Å². The summed E-state index contributed by atoms with van der Waals surface area (Å²) in [6, 6.07) is 9.45. The SMILES string of the molecule is CCOC(=O)c1cc(NC(=O)COC(=O)COc2cccc3c2OC(C)(C)C3)cc(C(=O)OCC)c1. The summed E-state index contributed by atoms with van der Waals surface area (Å²) in [5.74, 6) is -1.75. The minimum absolute atomic E-state index is 0.0592. The maximum absolute atomic E-state index is 12.3. The molecular weight excluding hydrogens is 470 g/mol. The Morgan fingerprint density at radius 1 is 0.917 bits per heavy atom. The highest BCUT2D eigenvalue weighted by molar-refractivity contribution is 6.00. The summed E-state index contributed by atoms with van der Waals surface area (Å²) in [5, 5.41) is 2.50. The molecule has 1 aliphatic rings. The van der Waals surface area contributed by atoms with E-state index >= 15 is 0 Å². The number of anilines is 1. The van der Waals surface area contributed by atoms with Crippen LogP contribution in [0.4, 0.5) is 5.69 Å². The number of carbonyl (C=O) groups is 4. The molecule has 1 heterocycles. The molecule has 36 heavy (non-hydrogen) atoms. The maximum atomic E-state index is 12.3. The molecule has 0 spiro atoms. The van der Waals surface area contributed by atoms with Crippen LogP contribution < -0.4 is 14.8 Å². The van der Waals surface area contributed by atoms with Gasteiger partial charge in [-0.05, 0) is 52.0 Å². The van der Waals surface area contributed by atoms with Gasteiger partial charge in [-0.2, -0.15) is 0 Å². The minimum atomic E-state index is -0.757. The van der Waals surface area contributed by atoms with Gasteiger partial charge in [-0.1, -0.05) is 12.1 Å². The van der Waals surface area contributed by atoms with Crippen molar-refractivity contribution in [2.24, 2.45) is 0 Å². The van der Waals surface area contributed by atoms with Crippen LogP contribution in [-0.2, 0) is 30.2 Å². The fourth-order valence-corrected chi connectivity index (χ4v) is 3.59. The Morgan fingerprint density at radius 2 is 1.56 bits per heavy atom. The topological polar surface area (TPSA) is 126 Å². The van der Waals surface area contributed by atoms with Crippen LogP contribution in [0.2, 0.25) is 0 Å². The summed E-state index contributed by atoms with van der Waals surface area (Å²) in [6.07, 6.45) is 0.722. The van der Waals surface area contributed by atoms with Gasteiger partial charge in [0.1, 0.15) is 5.60 Å². The highest BCUT2D eigenvalue weighted by atomic mass is 16.6. The molecule has 0 radical (unpaired) electrons. The average molecular weight is 500 g/mol. The van der Waals surface area contributed by atoms with E-state index in [9.17, 15) is 19.2 Å². The van der Waals surface area contributed by atoms with Gasteiger partial charge in [0.2, 0.25) is 0 Å². The third-order valence-corrected chi connectivity index (χ3v) is 5.00. The Morgan fingerprint density at radius 3 is 2.17 bits per heavy atom. The third-order valence-electron chi connectivity index (χ3n) is 5.00. The Balaban J connectivity index is 1.57. The quantitative estimate of drug-likeness (QED) is 0.387. The van der Waals surface area contributed by atoms with Crippen molar-refractivity contribution in [3.05, 3.63) is 53.1 Å². The molecule has 0 saturated carbocycles. The lowest BCUT2D eigenvalue weighted by Crippen LogP contribution is -2.25. The van der Waals surface area contributed by atoms with Crippen LogP contribution in [0.1, 0.15) is 54.0 Å². The molecule has 0 bridgehead atoms. The number of carbonyl (C=O) groups excluding carboxylic acids is 4. The normalized spacial score (nSPS) is 13.1. The summed E-state index contributed by atoms with van der Waals surface area (Å²) in [5.41, 5.74) is 0.878. The molecule has 10 heteroatoms. The first kappa shape index (κ1) is 26.5. The predicted octanol–water partition coefficient (Wildman–Crippen LogP) is 3.31. The standard InChI is InChI=1S/C26H29NO9/c1-5-32-24(30)17-10-18(25(31)33-6-2)12-19(11-17)27-21(28)14-35-22(29)15-34-20-9-7-8-16-13-26(3,4)36-23(16)20/h7-12H,5-6,13-15H2,1-4H3,(H,27,28). The minimum Gasteiger partial charge on any atom is -0.483 e. The van der Waals surface area contributed by atoms with Crippen LogP contribution in [0, 0.1) is 0 Å². The Kier molecular flexibility index (Phi) is 8.52. The van der Waals surface area contributed by atoms with Crippen LogP contribution in [0.25, 0.3) is 0 Å². The molecule has 2 aromatic carbocycles. The number of fused-ring (bicyclic) bond motifs is 1. The monoisotopic (exact) mass is 499 g/mol. The summed E-state index contributed by atoms with van der Waals surface area (Å²) in [7, 11) is 0. The van der Waals surface area contributed by atoms with Crippen molar-refractivity contribution < 1.29 is 42.9 Å². The van der Waals surface area contributed by atoms with E-state index in [4.69, 9.17) is 23.7 Å². The summed E-state index contributed by atoms with van der Waals surface area (Å²) < 4.78 is 26.4. The maximum Gasteiger partial charge on any atom is 0.344 e. The first-order valence-corrected chi connectivity index (χ1v) is 11.5. The van der Waals surface area contributed by atoms with Crippen molar-refractivity contribution in [2.75, 3.05) is 31.7 Å². The number of hydrogen-bond acceptors (Lipinski definition) is 9. The van der Waals surface area contributed by atoms with E-state index in [0.717, 1.165) is 12.0 Å². The highest BCUT2D eigenvalue weighted by Crippen LogP contribution is 2.41. The molecule has 10 nitrogen and oxygen atoms in total. The van der Waals surface area contributed by atoms with Crippen LogP contribution >= 0.6 is 0 Å². The smallest absolute Gasteiger partial charge is 0.344 e. The Labute approximate surface area is 208 Å². The fourth-order valence-electron chi connectivity index (χ4n) is 3.59. The average Bonchev–Trinajstić information content (AvgIpc) is 3.15. The number of para-hydroxylation sites is 1. The second kappa shape index (κ2) is 11.6. The molecule has 0 aliphatic carbocycles. The molecule has 0 unspecified atom stereocenters. The van der Waals surface area contributed by atoms with Gasteiger partial charge in [-0.3, -0.25) is 4.79 Å². The highest BCUT2D eigenvalue weighted by Gasteiger charge is 2.32. The molecule has 1 aliphatic heterocycles. The molecular formula is C26H29NO9. The van der Waals surface area contributed by atoms with E-state index in [2.05, 4.69) is 5.32 Å². The molecule has 0 saturated heterocycles. The summed E-state index contributed by atoms with van der Waals surface area (Å²) >= 11 is 0. The lowest BCUT2D eigenvalue weighted by Gasteiger charge is -2.18. The molecule has 1 amide bonds. The number of esters is 3. The molecule has 0 atom stereocenters. The van der Waals surface area contributed by atoms with E-state index < -0.39 is 37.0 Å². The number of amides is 1. The first-order valence-electron chi connectivity index (χ1n) is 11.5. The largest absolute Gasteiger partial charge is 0.483 e. The predicted molar refractivity (Wildman–Crippen MR) is 128 cm³/mol. The van der Waals surface area contributed by atoms with Crippen molar-refractivity contribution >= 4 is 29.5 Å². The van der Waals surface area contributed by atoms with Crippen LogP contribution in [0.15, 0.2) is 36.4 Å². The van der Waals surface area contributed by atoms with E-state index in [0.29, 0.717) is 11.5 Å². The van der Waals surface area contributed by atoms with E-state index in [1.54, 1.807) is 19.9 Å². The van der Waals surface area contributed by atoms with Gasteiger partial charge in [-0.15, -0.1) is 0 Å². The summed E-state index contributed by atoms with van der Waals surface area (Å²) in [4.78, 5) is 48.8. The van der Waals surface area contributed by atoms with E-state index in [1.165, 1.54) is 18.2 Å². The summed E-state index contributed by atoms with van der Waals surface area (Å²) in [6.45, 7) is 6.47. The zero-order valence-electron chi connectivity index (χ0n) is 20.7. The number of ether oxygens (including phenoxy) is 5. The number of hydrogen-bond donors (Lipinski definition) is 1. The number of benzene rings is 2. The molecule has 192 valence electrons. The molecule has 1 N–H and O–H groups in total. The lowest BCUT2D eigenvalue weighted by molar-refractivity contribution is -0.149. The van der Waals surface area contributed by atoms with Crippen LogP contribution in [0.5, 0.6) is 11.5 Å². The van der Waals surface area contributed by atoms with Gasteiger partial charge in [-0.25, -0.2) is 14.4 Å². The number of rotatable bonds is 10. The van der Waals surface area contributed by atoms with Crippen molar-refractivity contribution in [1.82, 2.24) is 0 Å². The van der Waals surface area contributed by atoms with Gasteiger partial charge < -0.3 is 29.0 Å². The van der Waals surface area contributed by atoms with Gasteiger partial charge in [0.25, 0.3) is 5.91 Å². The lowest BCUT2D eigenvalue weighted by atomic mass is 10.0. The van der Waals surface area contributed by atoms with Crippen molar-refractivity contribution in [3.8, 4) is 11.5 Å². The second-order valence-corrected chi connectivity index (χ2v) is 8.52. The van der Waals surface area contributed by atoms with Crippen LogP contribution in [-0.4, -0.2) is 55.8 Å². The van der Waals surface area contributed by atoms with Crippen LogP contribution in [0.3, 0.4) is 0 Å². The van der Waals surface area contributed by atoms with Crippen molar-refractivity contribution in [3.63, 3.8) is 0 Å². The Hall–Kier alpha value is -4.08. The van der Waals surface area contributed by atoms with E-state index in [-0.39, 0.29) is 35.6 Å². The molecule has 3 rings (SSSR count). The molecule has 0 fully saturated rings. The zero-order valence-corrected chi connectivity index (χ0v) is 20.7. The van der Waals surface area contributed by atoms with Crippen molar-refractivity contribution in [2.45, 2.75) is 39.7 Å². The van der Waals surface area contributed by atoms with Gasteiger partial charge in [0, 0.05) is 17.7 Å². The second-order valence-electron chi connectivity index (χ2n) is 8.52. The first-order chi connectivity index (χ1) is 17.1. The van der Waals surface area contributed by atoms with Gasteiger partial charge in [0.15, 0.2) is 24.7 Å². The Bertz CT molecular complexity index is 1120.